The number of piperazine rings is 1. The third kappa shape index (κ3) is 5.37. The van der Waals surface area contributed by atoms with Crippen molar-refractivity contribution < 1.29 is 9.13 Å². The Morgan fingerprint density at radius 2 is 1.68 bits per heavy atom. The van der Waals surface area contributed by atoms with Crippen molar-refractivity contribution in [3.8, 4) is 17.0 Å². The van der Waals surface area contributed by atoms with Crippen molar-refractivity contribution in [1.29, 1.82) is 0 Å². The quantitative estimate of drug-likeness (QED) is 0.510. The van der Waals surface area contributed by atoms with Crippen LogP contribution < -0.4 is 10.3 Å². The Labute approximate surface area is 199 Å². The first-order chi connectivity index (χ1) is 16.6. The highest BCUT2D eigenvalue weighted by Gasteiger charge is 2.25. The molecule has 2 fully saturated rings. The average Bonchev–Trinajstić information content (AvgIpc) is 3.67. The Bertz CT molecular complexity index is 1180. The van der Waals surface area contributed by atoms with Crippen molar-refractivity contribution >= 4 is 0 Å². The highest BCUT2D eigenvalue weighted by atomic mass is 19.1. The lowest BCUT2D eigenvalue weighted by atomic mass is 10.1. The van der Waals surface area contributed by atoms with Crippen LogP contribution in [-0.2, 0) is 19.6 Å². The fraction of sp³-hybridized carbons (Fsp3) is 0.407. The van der Waals surface area contributed by atoms with E-state index in [1.807, 2.05) is 12.1 Å². The summed E-state index contributed by atoms with van der Waals surface area (Å²) in [6.07, 6.45) is 2.27. The first-order valence-electron chi connectivity index (χ1n) is 12.0. The number of halogens is 1. The summed E-state index contributed by atoms with van der Waals surface area (Å²) in [6, 6.07) is 17.2. The molecule has 0 radical (unpaired) electrons. The van der Waals surface area contributed by atoms with E-state index in [4.69, 9.17) is 4.74 Å². The molecule has 3 aromatic rings. The molecule has 1 aromatic heterocycles. The van der Waals surface area contributed by atoms with E-state index in [2.05, 4.69) is 39.2 Å². The summed E-state index contributed by atoms with van der Waals surface area (Å²) in [6.45, 7) is 5.90. The van der Waals surface area contributed by atoms with Crippen molar-refractivity contribution in [3.05, 3.63) is 81.9 Å². The van der Waals surface area contributed by atoms with Gasteiger partial charge in [0.15, 0.2) is 11.6 Å². The van der Waals surface area contributed by atoms with Gasteiger partial charge in [0.1, 0.15) is 0 Å². The number of benzene rings is 2. The highest BCUT2D eigenvalue weighted by Crippen LogP contribution is 2.30. The van der Waals surface area contributed by atoms with Crippen molar-refractivity contribution in [2.24, 2.45) is 5.92 Å². The van der Waals surface area contributed by atoms with E-state index in [0.29, 0.717) is 30.3 Å². The summed E-state index contributed by atoms with van der Waals surface area (Å²) < 4.78 is 21.0. The Morgan fingerprint density at radius 1 is 0.971 bits per heavy atom. The smallest absolute Gasteiger partial charge is 0.271 e. The maximum absolute atomic E-state index is 14.4. The number of aromatic nitrogens is 2. The predicted octanol–water partition coefficient (Wildman–Crippen LogP) is 3.79. The fourth-order valence-corrected chi connectivity index (χ4v) is 4.53. The molecular weight excluding hydrogens is 431 g/mol. The average molecular weight is 463 g/mol. The number of methoxy groups -OCH3 is 1. The lowest BCUT2D eigenvalue weighted by Gasteiger charge is -2.34. The highest BCUT2D eigenvalue weighted by molar-refractivity contribution is 5.60. The molecule has 0 spiro atoms. The van der Waals surface area contributed by atoms with Crippen LogP contribution in [0.15, 0.2) is 59.4 Å². The Kier molecular flexibility index (Phi) is 6.74. The summed E-state index contributed by atoms with van der Waals surface area (Å²) >= 11 is 0. The molecule has 34 heavy (non-hydrogen) atoms. The van der Waals surface area contributed by atoms with Crippen molar-refractivity contribution in [3.63, 3.8) is 0 Å². The zero-order chi connectivity index (χ0) is 23.5. The van der Waals surface area contributed by atoms with Crippen LogP contribution in [-0.4, -0.2) is 52.9 Å². The van der Waals surface area contributed by atoms with Gasteiger partial charge in [0.05, 0.1) is 12.8 Å². The second-order valence-corrected chi connectivity index (χ2v) is 9.37. The molecule has 1 saturated heterocycles. The van der Waals surface area contributed by atoms with Crippen molar-refractivity contribution in [2.75, 3.05) is 33.3 Å². The second kappa shape index (κ2) is 10.1. The van der Waals surface area contributed by atoms with Gasteiger partial charge in [-0.15, -0.1) is 0 Å². The van der Waals surface area contributed by atoms with Gasteiger partial charge in [-0.05, 0) is 48.6 Å². The topological polar surface area (TPSA) is 50.6 Å². The zero-order valence-electron chi connectivity index (χ0n) is 19.6. The van der Waals surface area contributed by atoms with E-state index in [0.717, 1.165) is 51.1 Å². The van der Waals surface area contributed by atoms with Crippen LogP contribution in [0.1, 0.15) is 24.0 Å². The van der Waals surface area contributed by atoms with Gasteiger partial charge in [0, 0.05) is 56.9 Å². The molecule has 1 aliphatic carbocycles. The minimum atomic E-state index is -0.433. The minimum Gasteiger partial charge on any atom is -0.494 e. The number of ether oxygens (including phenoxy) is 1. The number of nitrogens with zero attached hydrogens (tertiary/aromatic N) is 4. The molecule has 0 unspecified atom stereocenters. The molecule has 1 aliphatic heterocycles. The maximum atomic E-state index is 14.4. The molecule has 7 heteroatoms. The van der Waals surface area contributed by atoms with Gasteiger partial charge in [0.2, 0.25) is 0 Å². The molecule has 5 rings (SSSR count). The summed E-state index contributed by atoms with van der Waals surface area (Å²) in [5, 5.41) is 4.60. The van der Waals surface area contributed by atoms with E-state index in [-0.39, 0.29) is 11.3 Å². The van der Waals surface area contributed by atoms with E-state index in [9.17, 15) is 9.18 Å². The van der Waals surface area contributed by atoms with Gasteiger partial charge in [-0.1, -0.05) is 30.3 Å². The van der Waals surface area contributed by atoms with E-state index in [1.54, 1.807) is 16.8 Å². The maximum Gasteiger partial charge on any atom is 0.271 e. The second-order valence-electron chi connectivity index (χ2n) is 9.37. The molecule has 2 aromatic carbocycles. The summed E-state index contributed by atoms with van der Waals surface area (Å²) in [5.41, 5.74) is 3.29. The predicted molar refractivity (Wildman–Crippen MR) is 130 cm³/mol. The van der Waals surface area contributed by atoms with Crippen LogP contribution >= 0.6 is 0 Å². The molecule has 2 heterocycles. The summed E-state index contributed by atoms with van der Waals surface area (Å²) in [5.74, 6) is 0.281. The van der Waals surface area contributed by atoms with Crippen LogP contribution in [0, 0.1) is 11.7 Å². The van der Waals surface area contributed by atoms with Crippen molar-refractivity contribution in [2.45, 2.75) is 32.5 Å². The van der Waals surface area contributed by atoms with Gasteiger partial charge in [0.25, 0.3) is 5.56 Å². The largest absolute Gasteiger partial charge is 0.494 e. The van der Waals surface area contributed by atoms with Crippen LogP contribution in [0.2, 0.25) is 0 Å². The van der Waals surface area contributed by atoms with Crippen LogP contribution in [0.25, 0.3) is 11.3 Å². The Morgan fingerprint density at radius 3 is 2.32 bits per heavy atom. The lowest BCUT2D eigenvalue weighted by molar-refractivity contribution is 0.121. The molecule has 0 amide bonds. The number of rotatable bonds is 8. The third-order valence-electron chi connectivity index (χ3n) is 6.73. The Hall–Kier alpha value is -3.03. The van der Waals surface area contributed by atoms with Crippen LogP contribution in [0.4, 0.5) is 4.39 Å². The van der Waals surface area contributed by atoms with E-state index < -0.39 is 5.82 Å². The standard InChI is InChI=1S/C27H31FN4O2/c1-34-26-10-9-22(15-24(26)28)25-16-23(27(33)32(29-25)18-21-7-8-21)19-31-13-11-30(12-14-31)17-20-5-3-2-4-6-20/h2-6,9-10,15-16,21H,7-8,11-14,17-19H2,1H3. The van der Waals surface area contributed by atoms with Crippen LogP contribution in [0.3, 0.4) is 0 Å². The monoisotopic (exact) mass is 462 g/mol. The number of hydrogen-bond acceptors (Lipinski definition) is 5. The zero-order valence-corrected chi connectivity index (χ0v) is 19.6. The lowest BCUT2D eigenvalue weighted by Crippen LogP contribution is -2.46. The first kappa shape index (κ1) is 22.7. The van der Waals surface area contributed by atoms with Gasteiger partial charge in [-0.3, -0.25) is 14.6 Å². The van der Waals surface area contributed by atoms with Gasteiger partial charge < -0.3 is 4.74 Å². The molecule has 178 valence electrons. The van der Waals surface area contributed by atoms with Gasteiger partial charge in [-0.2, -0.15) is 5.10 Å². The first-order valence-corrected chi connectivity index (χ1v) is 12.0. The SMILES string of the molecule is COc1ccc(-c2cc(CN3CCN(Cc4ccccc4)CC3)c(=O)n(CC3CC3)n2)cc1F. The summed E-state index contributed by atoms with van der Waals surface area (Å²) in [4.78, 5) is 18.0. The van der Waals surface area contributed by atoms with Crippen molar-refractivity contribution in [1.82, 2.24) is 19.6 Å². The molecule has 2 aliphatic rings. The summed E-state index contributed by atoms with van der Waals surface area (Å²) in [7, 11) is 1.45. The van der Waals surface area contributed by atoms with Gasteiger partial charge >= 0.3 is 0 Å². The molecule has 6 nitrogen and oxygen atoms in total. The van der Waals surface area contributed by atoms with E-state index >= 15 is 0 Å². The van der Waals surface area contributed by atoms with E-state index in [1.165, 1.54) is 18.7 Å². The fourth-order valence-electron chi connectivity index (χ4n) is 4.53. The number of hydrogen-bond donors (Lipinski definition) is 0. The van der Waals surface area contributed by atoms with Gasteiger partial charge in [-0.25, -0.2) is 9.07 Å². The molecule has 0 bridgehead atoms. The molecule has 0 N–H and O–H groups in total. The molecule has 0 atom stereocenters. The molecule has 1 saturated carbocycles. The minimum absolute atomic E-state index is 0.0312. The Balaban J connectivity index is 1.33. The third-order valence-corrected chi connectivity index (χ3v) is 6.73. The normalized spacial score (nSPS) is 17.1. The molecular formula is C27H31FN4O2. The van der Waals surface area contributed by atoms with Crippen LogP contribution in [0.5, 0.6) is 5.75 Å².